The highest BCUT2D eigenvalue weighted by Crippen LogP contribution is 2.20. The molecule has 1 aliphatic heterocycles. The second kappa shape index (κ2) is 10.3. The van der Waals surface area contributed by atoms with Crippen LogP contribution in [0.5, 0.6) is 0 Å². The molecule has 1 saturated heterocycles. The minimum absolute atomic E-state index is 0. The van der Waals surface area contributed by atoms with Crippen LogP contribution in [0.4, 0.5) is 0 Å². The molecule has 1 aliphatic rings. The number of oxazole rings is 1. The third-order valence-electron chi connectivity index (χ3n) is 4.52. The van der Waals surface area contributed by atoms with E-state index in [0.29, 0.717) is 18.9 Å². The maximum atomic E-state index is 11.2. The molecular formula is C19H26IN5O2. The van der Waals surface area contributed by atoms with Crippen molar-refractivity contribution in [2.75, 3.05) is 20.1 Å². The number of primary amides is 1. The zero-order valence-corrected chi connectivity index (χ0v) is 17.8. The highest BCUT2D eigenvalue weighted by Gasteiger charge is 2.23. The van der Waals surface area contributed by atoms with Gasteiger partial charge in [-0.05, 0) is 30.9 Å². The number of likely N-dealkylation sites (tertiary alicyclic amines) is 1. The Morgan fingerprint density at radius 3 is 2.89 bits per heavy atom. The van der Waals surface area contributed by atoms with Gasteiger partial charge in [-0.3, -0.25) is 9.79 Å². The van der Waals surface area contributed by atoms with E-state index in [1.54, 1.807) is 13.3 Å². The summed E-state index contributed by atoms with van der Waals surface area (Å²) in [6, 6.07) is 9.81. The summed E-state index contributed by atoms with van der Waals surface area (Å²) < 4.78 is 5.57. The average molecular weight is 483 g/mol. The molecule has 1 aromatic heterocycles. The molecule has 0 spiro atoms. The number of hydrogen-bond donors (Lipinski definition) is 2. The summed E-state index contributed by atoms with van der Waals surface area (Å²) in [5, 5.41) is 3.33. The predicted molar refractivity (Wildman–Crippen MR) is 116 cm³/mol. The Kier molecular flexibility index (Phi) is 8.08. The topological polar surface area (TPSA) is 96.8 Å². The lowest BCUT2D eigenvalue weighted by Crippen LogP contribution is -2.46. The Morgan fingerprint density at radius 1 is 1.41 bits per heavy atom. The van der Waals surface area contributed by atoms with Crippen molar-refractivity contribution in [3.8, 4) is 11.5 Å². The first-order valence-corrected chi connectivity index (χ1v) is 8.89. The monoisotopic (exact) mass is 483 g/mol. The average Bonchev–Trinajstić information content (AvgIpc) is 3.12. The molecule has 0 saturated carbocycles. The van der Waals surface area contributed by atoms with Gasteiger partial charge in [0.15, 0.2) is 5.96 Å². The quantitative estimate of drug-likeness (QED) is 0.387. The van der Waals surface area contributed by atoms with Gasteiger partial charge < -0.3 is 20.4 Å². The molecule has 3 rings (SSSR count). The molecule has 2 aromatic rings. The van der Waals surface area contributed by atoms with E-state index in [1.165, 1.54) is 0 Å². The lowest BCUT2D eigenvalue weighted by atomic mass is 9.95. The van der Waals surface area contributed by atoms with Gasteiger partial charge in [-0.25, -0.2) is 4.98 Å². The third-order valence-corrected chi connectivity index (χ3v) is 4.52. The first-order chi connectivity index (χ1) is 12.7. The number of halogens is 1. The van der Waals surface area contributed by atoms with Crippen LogP contribution in [0, 0.1) is 5.92 Å². The molecular weight excluding hydrogens is 457 g/mol. The fourth-order valence-corrected chi connectivity index (χ4v) is 3.31. The van der Waals surface area contributed by atoms with E-state index in [1.807, 2.05) is 30.3 Å². The molecule has 1 aromatic carbocycles. The Balaban J connectivity index is 0.00000261. The van der Waals surface area contributed by atoms with Crippen molar-refractivity contribution in [3.63, 3.8) is 0 Å². The van der Waals surface area contributed by atoms with Crippen LogP contribution in [-0.4, -0.2) is 41.9 Å². The number of amides is 1. The highest BCUT2D eigenvalue weighted by molar-refractivity contribution is 14.0. The van der Waals surface area contributed by atoms with Gasteiger partial charge in [-0.15, -0.1) is 24.0 Å². The molecule has 7 nitrogen and oxygen atoms in total. The zero-order chi connectivity index (χ0) is 18.4. The summed E-state index contributed by atoms with van der Waals surface area (Å²) in [6.07, 6.45) is 4.15. The Hall–Kier alpha value is -2.10. The number of guanidine groups is 1. The first kappa shape index (κ1) is 21.2. The van der Waals surface area contributed by atoms with E-state index in [2.05, 4.69) is 20.2 Å². The number of carbonyl (C=O) groups excluding carboxylic acids is 1. The van der Waals surface area contributed by atoms with Crippen molar-refractivity contribution >= 4 is 35.8 Å². The van der Waals surface area contributed by atoms with Crippen LogP contribution in [0.15, 0.2) is 46.0 Å². The largest absolute Gasteiger partial charge is 0.444 e. The fourth-order valence-electron chi connectivity index (χ4n) is 3.31. The van der Waals surface area contributed by atoms with Gasteiger partial charge in [-0.1, -0.05) is 18.2 Å². The highest BCUT2D eigenvalue weighted by atomic mass is 127. The smallest absolute Gasteiger partial charge is 0.226 e. The Morgan fingerprint density at radius 2 is 2.19 bits per heavy atom. The van der Waals surface area contributed by atoms with Crippen molar-refractivity contribution in [3.05, 3.63) is 42.3 Å². The molecule has 0 aliphatic carbocycles. The summed E-state index contributed by atoms with van der Waals surface area (Å²) in [5.41, 5.74) is 7.11. The van der Waals surface area contributed by atoms with E-state index in [9.17, 15) is 4.79 Å². The first-order valence-electron chi connectivity index (χ1n) is 8.89. The van der Waals surface area contributed by atoms with Crippen molar-refractivity contribution < 1.29 is 9.21 Å². The van der Waals surface area contributed by atoms with E-state index >= 15 is 0 Å². The molecule has 146 valence electrons. The molecule has 1 unspecified atom stereocenters. The lowest BCUT2D eigenvalue weighted by molar-refractivity contribution is -0.119. The number of aliphatic imine (C=N–C) groups is 1. The van der Waals surface area contributed by atoms with Crippen LogP contribution in [0.2, 0.25) is 0 Å². The number of rotatable bonds is 5. The summed E-state index contributed by atoms with van der Waals surface area (Å²) in [7, 11) is 1.76. The van der Waals surface area contributed by atoms with Gasteiger partial charge in [0.25, 0.3) is 0 Å². The van der Waals surface area contributed by atoms with Gasteiger partial charge in [0.2, 0.25) is 11.8 Å². The van der Waals surface area contributed by atoms with Gasteiger partial charge in [0.05, 0.1) is 12.2 Å². The molecule has 1 fully saturated rings. The number of piperidine rings is 1. The van der Waals surface area contributed by atoms with Crippen molar-refractivity contribution in [1.29, 1.82) is 0 Å². The van der Waals surface area contributed by atoms with Crippen molar-refractivity contribution in [1.82, 2.24) is 15.2 Å². The van der Waals surface area contributed by atoms with Gasteiger partial charge in [-0.2, -0.15) is 0 Å². The molecule has 27 heavy (non-hydrogen) atoms. The maximum absolute atomic E-state index is 11.2. The zero-order valence-electron chi connectivity index (χ0n) is 15.4. The van der Waals surface area contributed by atoms with Crippen LogP contribution < -0.4 is 11.1 Å². The standard InChI is InChI=1S/C19H25N5O2.HI/c1-21-19(24-9-5-6-14(12-24)10-17(20)25)22-11-16-13-26-18(23-16)15-7-3-2-4-8-15;/h2-4,7-8,13-14H,5-6,9-12H2,1H3,(H2,20,25)(H,21,22);1H. The number of nitrogens with two attached hydrogens (primary N) is 1. The van der Waals surface area contributed by atoms with Crippen LogP contribution in [-0.2, 0) is 11.3 Å². The normalized spacial score (nSPS) is 17.3. The molecule has 3 N–H and O–H groups in total. The number of aromatic nitrogens is 1. The summed E-state index contributed by atoms with van der Waals surface area (Å²) >= 11 is 0. The van der Waals surface area contributed by atoms with E-state index in [-0.39, 0.29) is 35.8 Å². The van der Waals surface area contributed by atoms with Crippen LogP contribution in [0.1, 0.15) is 25.0 Å². The van der Waals surface area contributed by atoms with Gasteiger partial charge in [0.1, 0.15) is 6.26 Å². The molecule has 1 amide bonds. The molecule has 0 radical (unpaired) electrons. The molecule has 8 heteroatoms. The van der Waals surface area contributed by atoms with Crippen molar-refractivity contribution in [2.45, 2.75) is 25.8 Å². The summed E-state index contributed by atoms with van der Waals surface area (Å²) in [4.78, 5) is 22.2. The van der Waals surface area contributed by atoms with Gasteiger partial charge in [0, 0.05) is 32.1 Å². The van der Waals surface area contributed by atoms with Crippen molar-refractivity contribution in [2.24, 2.45) is 16.6 Å². The lowest BCUT2D eigenvalue weighted by Gasteiger charge is -2.34. The minimum Gasteiger partial charge on any atom is -0.444 e. The molecule has 0 bridgehead atoms. The third kappa shape index (κ3) is 5.95. The second-order valence-corrected chi connectivity index (χ2v) is 6.54. The summed E-state index contributed by atoms with van der Waals surface area (Å²) in [6.45, 7) is 2.24. The minimum atomic E-state index is -0.240. The number of nitrogens with one attached hydrogen (secondary N) is 1. The van der Waals surface area contributed by atoms with E-state index < -0.39 is 0 Å². The van der Waals surface area contributed by atoms with E-state index in [4.69, 9.17) is 10.2 Å². The Labute approximate surface area is 176 Å². The number of hydrogen-bond acceptors (Lipinski definition) is 4. The van der Waals surface area contributed by atoms with Crippen LogP contribution in [0.25, 0.3) is 11.5 Å². The van der Waals surface area contributed by atoms with Crippen LogP contribution in [0.3, 0.4) is 0 Å². The predicted octanol–water partition coefficient (Wildman–Crippen LogP) is 2.62. The Bertz CT molecular complexity index is 762. The molecule has 1 atom stereocenters. The number of carbonyl (C=O) groups is 1. The summed E-state index contributed by atoms with van der Waals surface area (Å²) in [5.74, 6) is 1.47. The number of nitrogens with zero attached hydrogens (tertiary/aromatic N) is 3. The van der Waals surface area contributed by atoms with Crippen LogP contribution >= 0.6 is 24.0 Å². The second-order valence-electron chi connectivity index (χ2n) is 6.54. The maximum Gasteiger partial charge on any atom is 0.226 e. The fraction of sp³-hybridized carbons (Fsp3) is 0.421. The van der Waals surface area contributed by atoms with E-state index in [0.717, 1.165) is 43.1 Å². The van der Waals surface area contributed by atoms with Gasteiger partial charge >= 0.3 is 0 Å². The molecule has 2 heterocycles. The number of benzene rings is 1. The SMILES string of the molecule is CN=C(NCc1coc(-c2ccccc2)n1)N1CCCC(CC(N)=O)C1.I.